The van der Waals surface area contributed by atoms with Crippen LogP contribution in [-0.2, 0) is 39.4 Å². The van der Waals surface area contributed by atoms with Crippen molar-refractivity contribution < 1.29 is 39.4 Å². The minimum atomic E-state index is 0. The molecule has 0 bridgehead atoms. The van der Waals surface area contributed by atoms with Gasteiger partial charge in [0.2, 0.25) is 0 Å². The van der Waals surface area contributed by atoms with Gasteiger partial charge in [-0.25, -0.2) is 0 Å². The van der Waals surface area contributed by atoms with Gasteiger partial charge in [-0.1, -0.05) is 0 Å². The first-order valence-corrected chi connectivity index (χ1v) is 0.224. The molecular formula is CAuCuN. The Kier molecular flexibility index (Phi) is 275. The third-order valence-electron chi connectivity index (χ3n) is 0. The molecule has 0 atom stereocenters. The van der Waals surface area contributed by atoms with E-state index in [0.29, 0.717) is 0 Å². The van der Waals surface area contributed by atoms with Crippen LogP contribution in [0.1, 0.15) is 0 Å². The van der Waals surface area contributed by atoms with E-state index >= 15 is 0 Å². The molecule has 0 saturated heterocycles. The van der Waals surface area contributed by atoms with E-state index in [4.69, 9.17) is 11.8 Å². The molecule has 0 aliphatic rings. The standard InChI is InChI=1S/CN.Au.Cu/c1-2;;/q-1;+1;. The van der Waals surface area contributed by atoms with Crippen LogP contribution in [0.3, 0.4) is 0 Å². The Morgan fingerprint density at radius 2 is 1.25 bits per heavy atom. The molecule has 31 valence electrons. The third-order valence-corrected chi connectivity index (χ3v) is 0. The molecule has 3 heteroatoms. The number of rotatable bonds is 0. The Morgan fingerprint density at radius 3 is 1.25 bits per heavy atom. The molecule has 4 heavy (non-hydrogen) atoms. The largest absolute Gasteiger partial charge is 1.00 e. The van der Waals surface area contributed by atoms with Crippen LogP contribution >= 0.6 is 0 Å². The molecule has 0 aliphatic carbocycles. The minimum absolute atomic E-state index is 0. The Hall–Kier alpha value is 0.750. The van der Waals surface area contributed by atoms with Crippen LogP contribution in [0.4, 0.5) is 0 Å². The summed E-state index contributed by atoms with van der Waals surface area (Å²) < 4.78 is 0. The fourth-order valence-electron chi connectivity index (χ4n) is 0. The fraction of sp³-hybridized carbons (Fsp3) is 0. The van der Waals surface area contributed by atoms with Crippen molar-refractivity contribution in [3.63, 3.8) is 0 Å². The maximum atomic E-state index is 6.25. The van der Waals surface area contributed by atoms with Crippen molar-refractivity contribution >= 4 is 0 Å². The smallest absolute Gasteiger partial charge is 0.512 e. The number of nitrogens with zero attached hydrogens (tertiary/aromatic N) is 1. The molecular weight excluding hydrogens is 287 g/mol. The average molecular weight is 287 g/mol. The Balaban J connectivity index is -0.00000000500. The molecule has 0 N–H and O–H groups in total. The first-order chi connectivity index (χ1) is 1.00. The van der Waals surface area contributed by atoms with E-state index in [2.05, 4.69) is 0 Å². The molecule has 1 nitrogen and oxygen atoms in total. The molecule has 0 heterocycles. The van der Waals surface area contributed by atoms with Crippen LogP contribution in [0, 0.1) is 11.8 Å². The SMILES string of the molecule is [Au+].[C-]#N.[Cu]. The molecule has 0 aliphatic heterocycles. The number of hydrogen-bond acceptors (Lipinski definition) is 1. The summed E-state index contributed by atoms with van der Waals surface area (Å²) >= 11 is 0. The zero-order valence-electron chi connectivity index (χ0n) is 1.55. The first-order valence-electron chi connectivity index (χ1n) is 0.224. The zero-order valence-corrected chi connectivity index (χ0v) is 4.66. The van der Waals surface area contributed by atoms with E-state index in [9.17, 15) is 0 Å². The molecule has 0 amide bonds. The van der Waals surface area contributed by atoms with Gasteiger partial charge in [0.15, 0.2) is 0 Å². The van der Waals surface area contributed by atoms with Gasteiger partial charge in [0.05, 0.1) is 0 Å². The minimum Gasteiger partial charge on any atom is -0.512 e. The van der Waals surface area contributed by atoms with Crippen LogP contribution < -0.4 is 0 Å². The van der Waals surface area contributed by atoms with E-state index in [1.165, 1.54) is 0 Å². The summed E-state index contributed by atoms with van der Waals surface area (Å²) in [5.74, 6) is 0. The van der Waals surface area contributed by atoms with Crippen LogP contribution in [0.25, 0.3) is 0 Å². The van der Waals surface area contributed by atoms with Gasteiger partial charge in [-0.15, -0.1) is 0 Å². The first kappa shape index (κ1) is 21.8. The van der Waals surface area contributed by atoms with Crippen LogP contribution in [0.5, 0.6) is 0 Å². The van der Waals surface area contributed by atoms with Gasteiger partial charge in [-0.05, 0) is 0 Å². The monoisotopic (exact) mass is 286 g/mol. The topological polar surface area (TPSA) is 23.8 Å². The fourth-order valence-corrected chi connectivity index (χ4v) is 0. The van der Waals surface area contributed by atoms with Crippen molar-refractivity contribution in [1.29, 1.82) is 5.26 Å². The summed E-state index contributed by atoms with van der Waals surface area (Å²) in [4.78, 5) is 0. The third kappa shape index (κ3) is 15.0. The van der Waals surface area contributed by atoms with Gasteiger partial charge < -0.3 is 11.8 Å². The second-order valence-electron chi connectivity index (χ2n) is 0. The molecule has 0 aromatic carbocycles. The summed E-state index contributed by atoms with van der Waals surface area (Å²) in [6.07, 6.45) is 0. The predicted molar refractivity (Wildman–Crippen MR) is 4.97 cm³/mol. The molecule has 1 radical (unpaired) electrons. The van der Waals surface area contributed by atoms with Crippen molar-refractivity contribution in [3.05, 3.63) is 6.57 Å². The number of hydrogen-bond donors (Lipinski definition) is 0. The summed E-state index contributed by atoms with van der Waals surface area (Å²) in [5.41, 5.74) is 0. The predicted octanol–water partition coefficient (Wildman–Crippen LogP) is 0.0914. The second kappa shape index (κ2) is 50.4. The van der Waals surface area contributed by atoms with Gasteiger partial charge in [-0.3, -0.25) is 0 Å². The molecule has 0 unspecified atom stereocenters. The second-order valence-corrected chi connectivity index (χ2v) is 0. The van der Waals surface area contributed by atoms with Gasteiger partial charge in [-0.2, -0.15) is 0 Å². The Morgan fingerprint density at radius 1 is 1.25 bits per heavy atom. The molecule has 0 aromatic heterocycles. The molecule has 0 aromatic rings. The van der Waals surface area contributed by atoms with E-state index in [1.807, 2.05) is 0 Å². The summed E-state index contributed by atoms with van der Waals surface area (Å²) in [5, 5.41) is 6.25. The van der Waals surface area contributed by atoms with E-state index < -0.39 is 0 Å². The van der Waals surface area contributed by atoms with Crippen molar-refractivity contribution in [2.24, 2.45) is 0 Å². The summed E-state index contributed by atoms with van der Waals surface area (Å²) in [6.45, 7) is 4.75. The van der Waals surface area contributed by atoms with Crippen molar-refractivity contribution in [2.75, 3.05) is 0 Å². The maximum Gasteiger partial charge on any atom is 1.00 e. The Bertz CT molecular complexity index is 12.8. The summed E-state index contributed by atoms with van der Waals surface area (Å²) in [7, 11) is 0. The molecule has 0 rings (SSSR count). The normalized spacial score (nSPS) is 0.500. The van der Waals surface area contributed by atoms with Crippen molar-refractivity contribution in [3.8, 4) is 0 Å². The van der Waals surface area contributed by atoms with Crippen molar-refractivity contribution in [2.45, 2.75) is 0 Å². The zero-order chi connectivity index (χ0) is 2.00. The van der Waals surface area contributed by atoms with Crippen molar-refractivity contribution in [1.82, 2.24) is 0 Å². The van der Waals surface area contributed by atoms with Crippen LogP contribution in [0.15, 0.2) is 0 Å². The molecule has 0 spiro atoms. The van der Waals surface area contributed by atoms with Gasteiger partial charge in [0.25, 0.3) is 0 Å². The molecule has 0 fully saturated rings. The van der Waals surface area contributed by atoms with Gasteiger partial charge in [0.1, 0.15) is 0 Å². The van der Waals surface area contributed by atoms with E-state index in [-0.39, 0.29) is 39.4 Å². The average Bonchev–Trinajstić information content (AvgIpc) is 1.00. The maximum absolute atomic E-state index is 6.25. The Labute approximate surface area is 51.4 Å². The van der Waals surface area contributed by atoms with Gasteiger partial charge in [0, 0.05) is 17.1 Å². The van der Waals surface area contributed by atoms with Crippen LogP contribution in [-0.4, -0.2) is 0 Å². The quantitative estimate of drug-likeness (QED) is 0.457. The van der Waals surface area contributed by atoms with E-state index in [0.717, 1.165) is 0 Å². The van der Waals surface area contributed by atoms with E-state index in [1.54, 1.807) is 0 Å². The van der Waals surface area contributed by atoms with Gasteiger partial charge >= 0.3 is 22.4 Å². The molecule has 0 saturated carbocycles. The summed E-state index contributed by atoms with van der Waals surface area (Å²) in [6, 6.07) is 0. The van der Waals surface area contributed by atoms with Crippen LogP contribution in [0.2, 0.25) is 0 Å².